The van der Waals surface area contributed by atoms with Crippen LogP contribution in [0.15, 0.2) is 15.1 Å². The number of rotatable bonds is 5. The van der Waals surface area contributed by atoms with E-state index in [4.69, 9.17) is 5.41 Å². The first-order valence-electron chi connectivity index (χ1n) is 5.46. The molecule has 1 N–H and O–H groups in total. The molecule has 0 bridgehead atoms. The standard InChI is InChI=1S/C12H16Br2N2/c1-3-4-5-6-9-10(13)7-11(14)16-12(9)8(2)15/h7,15H,3-6H2,1-2H3. The van der Waals surface area contributed by atoms with Crippen molar-refractivity contribution in [3.8, 4) is 0 Å². The fourth-order valence-electron chi connectivity index (χ4n) is 1.61. The fraction of sp³-hybridized carbons (Fsp3) is 0.500. The lowest BCUT2D eigenvalue weighted by atomic mass is 10.0. The summed E-state index contributed by atoms with van der Waals surface area (Å²) < 4.78 is 1.83. The minimum atomic E-state index is 0.522. The van der Waals surface area contributed by atoms with Gasteiger partial charge >= 0.3 is 0 Å². The van der Waals surface area contributed by atoms with Gasteiger partial charge in [-0.1, -0.05) is 35.7 Å². The molecule has 0 aromatic carbocycles. The Labute approximate surface area is 114 Å². The molecule has 1 rings (SSSR count). The minimum Gasteiger partial charge on any atom is -0.303 e. The van der Waals surface area contributed by atoms with Gasteiger partial charge in [0, 0.05) is 4.47 Å². The van der Waals surface area contributed by atoms with E-state index in [0.29, 0.717) is 5.71 Å². The molecule has 0 unspecified atom stereocenters. The highest BCUT2D eigenvalue weighted by Crippen LogP contribution is 2.25. The van der Waals surface area contributed by atoms with Crippen LogP contribution >= 0.6 is 31.9 Å². The predicted molar refractivity (Wildman–Crippen MR) is 75.4 cm³/mol. The van der Waals surface area contributed by atoms with Crippen LogP contribution in [0.1, 0.15) is 44.4 Å². The maximum Gasteiger partial charge on any atom is 0.108 e. The molecule has 1 aromatic heterocycles. The van der Waals surface area contributed by atoms with Gasteiger partial charge in [-0.15, -0.1) is 0 Å². The van der Waals surface area contributed by atoms with Crippen LogP contribution in [0, 0.1) is 5.41 Å². The molecular formula is C12H16Br2N2. The van der Waals surface area contributed by atoms with Crippen molar-refractivity contribution in [2.24, 2.45) is 0 Å². The molecule has 0 saturated carbocycles. The lowest BCUT2D eigenvalue weighted by Gasteiger charge is -2.10. The van der Waals surface area contributed by atoms with Crippen LogP contribution in [0.4, 0.5) is 0 Å². The van der Waals surface area contributed by atoms with Gasteiger partial charge in [0.1, 0.15) is 4.60 Å². The zero-order valence-electron chi connectivity index (χ0n) is 9.61. The smallest absolute Gasteiger partial charge is 0.108 e. The van der Waals surface area contributed by atoms with Crippen molar-refractivity contribution in [2.75, 3.05) is 0 Å². The van der Waals surface area contributed by atoms with Crippen LogP contribution in [-0.2, 0) is 6.42 Å². The molecule has 0 spiro atoms. The highest BCUT2D eigenvalue weighted by Gasteiger charge is 2.11. The largest absolute Gasteiger partial charge is 0.303 e. The van der Waals surface area contributed by atoms with E-state index in [9.17, 15) is 0 Å². The summed E-state index contributed by atoms with van der Waals surface area (Å²) in [5, 5.41) is 7.75. The highest BCUT2D eigenvalue weighted by molar-refractivity contribution is 9.11. The zero-order valence-corrected chi connectivity index (χ0v) is 12.8. The molecule has 0 saturated heterocycles. The SMILES string of the molecule is CCCCCc1c(Br)cc(Br)nc1C(C)=N. The van der Waals surface area contributed by atoms with Crippen molar-refractivity contribution < 1.29 is 0 Å². The Hall–Kier alpha value is -0.220. The van der Waals surface area contributed by atoms with Gasteiger partial charge in [0.25, 0.3) is 0 Å². The number of nitrogens with zero attached hydrogens (tertiary/aromatic N) is 1. The Kier molecular flexibility index (Phi) is 5.62. The van der Waals surface area contributed by atoms with Crippen LogP contribution in [0.25, 0.3) is 0 Å². The van der Waals surface area contributed by atoms with Gasteiger partial charge in [-0.3, -0.25) is 0 Å². The first-order valence-corrected chi connectivity index (χ1v) is 7.05. The molecule has 0 amide bonds. The molecule has 0 aliphatic carbocycles. The van der Waals surface area contributed by atoms with Crippen molar-refractivity contribution in [3.05, 3.63) is 26.4 Å². The molecule has 88 valence electrons. The van der Waals surface area contributed by atoms with Crippen LogP contribution < -0.4 is 0 Å². The van der Waals surface area contributed by atoms with E-state index < -0.39 is 0 Å². The van der Waals surface area contributed by atoms with E-state index in [1.54, 1.807) is 6.92 Å². The Morgan fingerprint density at radius 2 is 2.06 bits per heavy atom. The summed E-state index contributed by atoms with van der Waals surface area (Å²) in [6, 6.07) is 1.95. The summed E-state index contributed by atoms with van der Waals surface area (Å²) in [6.45, 7) is 3.97. The van der Waals surface area contributed by atoms with Crippen LogP contribution in [0.5, 0.6) is 0 Å². The third-order valence-electron chi connectivity index (χ3n) is 2.42. The van der Waals surface area contributed by atoms with E-state index in [2.05, 4.69) is 43.8 Å². The molecular weight excluding hydrogens is 332 g/mol. The summed E-state index contributed by atoms with van der Waals surface area (Å²) in [4.78, 5) is 4.37. The highest BCUT2D eigenvalue weighted by atomic mass is 79.9. The number of unbranched alkanes of at least 4 members (excludes halogenated alkanes) is 2. The number of halogens is 2. The lowest BCUT2D eigenvalue weighted by Crippen LogP contribution is -2.05. The molecule has 16 heavy (non-hydrogen) atoms. The van der Waals surface area contributed by atoms with Gasteiger partial charge in [0.15, 0.2) is 0 Å². The molecule has 4 heteroatoms. The average Bonchev–Trinajstić information content (AvgIpc) is 2.20. The molecule has 2 nitrogen and oxygen atoms in total. The van der Waals surface area contributed by atoms with Crippen molar-refractivity contribution in [2.45, 2.75) is 39.5 Å². The summed E-state index contributed by atoms with van der Waals surface area (Å²) in [7, 11) is 0. The molecule has 0 radical (unpaired) electrons. The molecule has 0 atom stereocenters. The van der Waals surface area contributed by atoms with Crippen molar-refractivity contribution >= 4 is 37.6 Å². The topological polar surface area (TPSA) is 36.7 Å². The van der Waals surface area contributed by atoms with Gasteiger partial charge in [-0.05, 0) is 47.3 Å². The normalized spacial score (nSPS) is 10.5. The third kappa shape index (κ3) is 3.67. The van der Waals surface area contributed by atoms with Crippen molar-refractivity contribution in [1.82, 2.24) is 4.98 Å². The Bertz CT molecular complexity index is 389. The fourth-order valence-corrected chi connectivity index (χ4v) is 2.93. The number of hydrogen-bond donors (Lipinski definition) is 1. The van der Waals surface area contributed by atoms with Crippen LogP contribution in [-0.4, -0.2) is 10.7 Å². The Morgan fingerprint density at radius 3 is 2.62 bits per heavy atom. The average molecular weight is 348 g/mol. The minimum absolute atomic E-state index is 0.522. The summed E-state index contributed by atoms with van der Waals surface area (Å²) in [5.74, 6) is 0. The van der Waals surface area contributed by atoms with Gasteiger partial charge in [-0.25, -0.2) is 4.98 Å². The van der Waals surface area contributed by atoms with E-state index in [-0.39, 0.29) is 0 Å². The van der Waals surface area contributed by atoms with E-state index in [0.717, 1.165) is 33.2 Å². The number of hydrogen-bond acceptors (Lipinski definition) is 2. The number of nitrogens with one attached hydrogen (secondary N) is 1. The Balaban J connectivity index is 2.99. The Morgan fingerprint density at radius 1 is 1.38 bits per heavy atom. The monoisotopic (exact) mass is 346 g/mol. The second-order valence-electron chi connectivity index (χ2n) is 3.84. The maximum absolute atomic E-state index is 7.75. The van der Waals surface area contributed by atoms with Gasteiger partial charge in [0.05, 0.1) is 11.4 Å². The van der Waals surface area contributed by atoms with Gasteiger partial charge in [-0.2, -0.15) is 0 Å². The van der Waals surface area contributed by atoms with Crippen LogP contribution in [0.2, 0.25) is 0 Å². The quantitative estimate of drug-likeness (QED) is 0.466. The van der Waals surface area contributed by atoms with E-state index in [1.807, 2.05) is 6.07 Å². The van der Waals surface area contributed by atoms with Crippen molar-refractivity contribution in [3.63, 3.8) is 0 Å². The maximum atomic E-state index is 7.75. The lowest BCUT2D eigenvalue weighted by molar-refractivity contribution is 0.713. The second kappa shape index (κ2) is 6.50. The second-order valence-corrected chi connectivity index (χ2v) is 5.50. The van der Waals surface area contributed by atoms with Crippen LogP contribution in [0.3, 0.4) is 0 Å². The molecule has 1 heterocycles. The third-order valence-corrected chi connectivity index (χ3v) is 3.54. The van der Waals surface area contributed by atoms with E-state index >= 15 is 0 Å². The molecule has 0 fully saturated rings. The zero-order chi connectivity index (χ0) is 12.1. The van der Waals surface area contributed by atoms with Crippen molar-refractivity contribution in [1.29, 1.82) is 5.41 Å². The predicted octanol–water partition coefficient (Wildman–Crippen LogP) is 4.73. The van der Waals surface area contributed by atoms with Gasteiger partial charge in [0.2, 0.25) is 0 Å². The summed E-state index contributed by atoms with van der Waals surface area (Å²) >= 11 is 6.91. The summed E-state index contributed by atoms with van der Waals surface area (Å²) in [5.41, 5.74) is 2.48. The summed E-state index contributed by atoms with van der Waals surface area (Å²) in [6.07, 6.45) is 4.57. The molecule has 1 aromatic rings. The van der Waals surface area contributed by atoms with Gasteiger partial charge < -0.3 is 5.41 Å². The number of pyridine rings is 1. The number of aromatic nitrogens is 1. The first-order chi connectivity index (χ1) is 7.56. The molecule has 0 aliphatic rings. The van der Waals surface area contributed by atoms with E-state index in [1.165, 1.54) is 12.8 Å². The first kappa shape index (κ1) is 13.8. The molecule has 0 aliphatic heterocycles.